The number of fused-ring (bicyclic) bond motifs is 1. The van der Waals surface area contributed by atoms with Gasteiger partial charge in [-0.15, -0.1) is 0 Å². The molecule has 1 amide bonds. The van der Waals surface area contributed by atoms with Gasteiger partial charge in [0.1, 0.15) is 11.4 Å². The van der Waals surface area contributed by atoms with Crippen molar-refractivity contribution in [2.45, 2.75) is 19.8 Å². The number of unbranched alkanes of at least 4 members (excludes halogenated alkanes) is 1. The van der Waals surface area contributed by atoms with Crippen LogP contribution in [0.2, 0.25) is 0 Å². The second-order valence-corrected chi connectivity index (χ2v) is 8.32. The van der Waals surface area contributed by atoms with E-state index >= 15 is 0 Å². The number of carbonyl (C=O) groups is 1. The third-order valence-electron chi connectivity index (χ3n) is 5.08. The molecule has 0 radical (unpaired) electrons. The van der Waals surface area contributed by atoms with Gasteiger partial charge in [0.05, 0.1) is 12.8 Å². The van der Waals surface area contributed by atoms with Gasteiger partial charge in [0.15, 0.2) is 0 Å². The fourth-order valence-electron chi connectivity index (χ4n) is 3.44. The van der Waals surface area contributed by atoms with E-state index in [1.54, 1.807) is 6.21 Å². The Balaban J connectivity index is 1.53. The van der Waals surface area contributed by atoms with E-state index in [2.05, 4.69) is 38.4 Å². The number of amides is 1. The number of hydrogen-bond donors (Lipinski definition) is 2. The van der Waals surface area contributed by atoms with Crippen LogP contribution in [0.4, 0.5) is 0 Å². The Morgan fingerprint density at radius 1 is 1.09 bits per heavy atom. The van der Waals surface area contributed by atoms with Gasteiger partial charge < -0.3 is 9.72 Å². The summed E-state index contributed by atoms with van der Waals surface area (Å²) in [6.07, 6.45) is 3.75. The number of benzene rings is 3. The number of hydrogen-bond acceptors (Lipinski definition) is 3. The lowest BCUT2D eigenvalue weighted by atomic mass is 10.0. The SMILES string of the molecule is CCCCOc1ccc(/C=N\NC(=O)c2[nH]c3ccc(Br)cc3c2-c2ccccc2)cc1. The van der Waals surface area contributed by atoms with Crippen molar-refractivity contribution in [1.29, 1.82) is 0 Å². The second-order valence-electron chi connectivity index (χ2n) is 7.40. The maximum atomic E-state index is 13.0. The van der Waals surface area contributed by atoms with Crippen molar-refractivity contribution in [2.24, 2.45) is 5.10 Å². The molecule has 0 atom stereocenters. The van der Waals surface area contributed by atoms with Crippen LogP contribution in [-0.2, 0) is 0 Å². The number of H-pyrrole nitrogens is 1. The summed E-state index contributed by atoms with van der Waals surface area (Å²) in [6.45, 7) is 2.85. The number of nitrogens with one attached hydrogen (secondary N) is 2. The third kappa shape index (κ3) is 5.08. The van der Waals surface area contributed by atoms with Crippen LogP contribution in [-0.4, -0.2) is 23.7 Å². The van der Waals surface area contributed by atoms with Gasteiger partial charge in [0.2, 0.25) is 0 Å². The van der Waals surface area contributed by atoms with Crippen LogP contribution >= 0.6 is 15.9 Å². The maximum Gasteiger partial charge on any atom is 0.288 e. The number of halogens is 1. The molecule has 5 nitrogen and oxygen atoms in total. The van der Waals surface area contributed by atoms with E-state index in [1.807, 2.05) is 72.8 Å². The molecule has 0 aliphatic heterocycles. The van der Waals surface area contributed by atoms with Gasteiger partial charge >= 0.3 is 0 Å². The van der Waals surface area contributed by atoms with Crippen LogP contribution in [0.1, 0.15) is 35.8 Å². The predicted molar refractivity (Wildman–Crippen MR) is 133 cm³/mol. The number of rotatable bonds is 8. The zero-order chi connectivity index (χ0) is 22.3. The number of aromatic nitrogens is 1. The molecule has 0 fully saturated rings. The first-order valence-electron chi connectivity index (χ1n) is 10.6. The summed E-state index contributed by atoms with van der Waals surface area (Å²) in [5.41, 5.74) is 6.69. The molecule has 2 N–H and O–H groups in total. The molecule has 6 heteroatoms. The number of aromatic amines is 1. The molecule has 0 aliphatic rings. The van der Waals surface area contributed by atoms with Crippen LogP contribution in [0.15, 0.2) is 82.4 Å². The van der Waals surface area contributed by atoms with E-state index in [4.69, 9.17) is 4.74 Å². The fraction of sp³-hybridized carbons (Fsp3) is 0.154. The quantitative estimate of drug-likeness (QED) is 0.167. The van der Waals surface area contributed by atoms with Gasteiger partial charge in [0, 0.05) is 20.9 Å². The van der Waals surface area contributed by atoms with Gasteiger partial charge in [0.25, 0.3) is 5.91 Å². The highest BCUT2D eigenvalue weighted by Crippen LogP contribution is 2.34. The molecule has 4 rings (SSSR count). The highest BCUT2D eigenvalue weighted by Gasteiger charge is 2.19. The fourth-order valence-corrected chi connectivity index (χ4v) is 3.81. The molecule has 0 spiro atoms. The smallest absolute Gasteiger partial charge is 0.288 e. The van der Waals surface area contributed by atoms with E-state index in [-0.39, 0.29) is 5.91 Å². The van der Waals surface area contributed by atoms with Crippen LogP contribution in [0.25, 0.3) is 22.0 Å². The molecular formula is C26H24BrN3O2. The van der Waals surface area contributed by atoms with E-state index in [1.165, 1.54) is 0 Å². The highest BCUT2D eigenvalue weighted by atomic mass is 79.9. The van der Waals surface area contributed by atoms with E-state index < -0.39 is 0 Å². The standard InChI is InChI=1S/C26H24BrN3O2/c1-2-3-15-32-21-12-9-18(10-13-21)17-28-30-26(31)25-24(19-7-5-4-6-8-19)22-16-20(27)11-14-23(22)29-25/h4-14,16-17,29H,2-3,15H2,1H3,(H,30,31)/b28-17-. The van der Waals surface area contributed by atoms with Gasteiger partial charge in [-0.1, -0.05) is 59.6 Å². The normalized spacial score (nSPS) is 11.2. The largest absolute Gasteiger partial charge is 0.494 e. The van der Waals surface area contributed by atoms with Gasteiger partial charge in [-0.05, 0) is 60.0 Å². The minimum Gasteiger partial charge on any atom is -0.494 e. The Morgan fingerprint density at radius 3 is 2.62 bits per heavy atom. The molecule has 1 aromatic heterocycles. The Kier molecular flexibility index (Phi) is 7.02. The van der Waals surface area contributed by atoms with Crippen LogP contribution in [0.3, 0.4) is 0 Å². The molecule has 162 valence electrons. The molecule has 3 aromatic carbocycles. The van der Waals surface area contributed by atoms with E-state index in [0.29, 0.717) is 12.3 Å². The van der Waals surface area contributed by atoms with Crippen molar-refractivity contribution in [1.82, 2.24) is 10.4 Å². The van der Waals surface area contributed by atoms with Crippen molar-refractivity contribution in [3.8, 4) is 16.9 Å². The Morgan fingerprint density at radius 2 is 1.88 bits per heavy atom. The van der Waals surface area contributed by atoms with E-state index in [0.717, 1.165) is 50.7 Å². The predicted octanol–water partition coefficient (Wildman–Crippen LogP) is 6.54. The molecule has 0 saturated carbocycles. The minimum absolute atomic E-state index is 0.299. The molecule has 32 heavy (non-hydrogen) atoms. The molecule has 0 saturated heterocycles. The van der Waals surface area contributed by atoms with Crippen molar-refractivity contribution in [3.05, 3.63) is 88.5 Å². The monoisotopic (exact) mass is 489 g/mol. The van der Waals surface area contributed by atoms with Gasteiger partial charge in [-0.2, -0.15) is 5.10 Å². The van der Waals surface area contributed by atoms with Gasteiger partial charge in [-0.25, -0.2) is 5.43 Å². The number of hydrazone groups is 1. The molecular weight excluding hydrogens is 466 g/mol. The lowest BCUT2D eigenvalue weighted by molar-refractivity contribution is 0.0951. The summed E-state index contributed by atoms with van der Waals surface area (Å²) in [6, 6.07) is 23.4. The van der Waals surface area contributed by atoms with Crippen molar-refractivity contribution < 1.29 is 9.53 Å². The van der Waals surface area contributed by atoms with Crippen molar-refractivity contribution in [3.63, 3.8) is 0 Å². The van der Waals surface area contributed by atoms with Crippen molar-refractivity contribution in [2.75, 3.05) is 6.61 Å². The number of carbonyl (C=O) groups excluding carboxylic acids is 1. The van der Waals surface area contributed by atoms with Gasteiger partial charge in [-0.3, -0.25) is 4.79 Å². The summed E-state index contributed by atoms with van der Waals surface area (Å²) in [7, 11) is 0. The van der Waals surface area contributed by atoms with Crippen molar-refractivity contribution >= 4 is 39.0 Å². The zero-order valence-electron chi connectivity index (χ0n) is 17.8. The summed E-state index contributed by atoms with van der Waals surface area (Å²) >= 11 is 3.53. The van der Waals surface area contributed by atoms with Crippen LogP contribution < -0.4 is 10.2 Å². The summed E-state index contributed by atoms with van der Waals surface area (Å²) in [4.78, 5) is 16.2. The molecule has 0 unspecified atom stereocenters. The first-order chi connectivity index (χ1) is 15.7. The van der Waals surface area contributed by atoms with E-state index in [9.17, 15) is 4.79 Å². The first kappa shape index (κ1) is 21.8. The summed E-state index contributed by atoms with van der Waals surface area (Å²) in [5.74, 6) is 0.531. The molecule has 0 bridgehead atoms. The third-order valence-corrected chi connectivity index (χ3v) is 5.57. The molecule has 4 aromatic rings. The summed E-state index contributed by atoms with van der Waals surface area (Å²) in [5, 5.41) is 5.12. The highest BCUT2D eigenvalue weighted by molar-refractivity contribution is 9.10. The maximum absolute atomic E-state index is 13.0. The lowest BCUT2D eigenvalue weighted by Crippen LogP contribution is -2.18. The topological polar surface area (TPSA) is 66.5 Å². The lowest BCUT2D eigenvalue weighted by Gasteiger charge is -2.05. The first-order valence-corrected chi connectivity index (χ1v) is 11.4. The summed E-state index contributed by atoms with van der Waals surface area (Å²) < 4.78 is 6.62. The molecule has 1 heterocycles. The Bertz CT molecular complexity index is 1230. The Labute approximate surface area is 195 Å². The minimum atomic E-state index is -0.299. The Hall–Kier alpha value is -3.38. The number of nitrogens with zero attached hydrogens (tertiary/aromatic N) is 1. The van der Waals surface area contributed by atoms with Crippen LogP contribution in [0.5, 0.6) is 5.75 Å². The second kappa shape index (κ2) is 10.3. The molecule has 0 aliphatic carbocycles. The number of ether oxygens (including phenoxy) is 1. The average Bonchev–Trinajstić information content (AvgIpc) is 3.19. The van der Waals surface area contributed by atoms with Crippen LogP contribution in [0, 0.1) is 0 Å². The average molecular weight is 490 g/mol. The zero-order valence-corrected chi connectivity index (χ0v) is 19.4.